The molecule has 13 heteroatoms. The second kappa shape index (κ2) is 24.9. The number of hydrogen-bond donors (Lipinski definition) is 2. The van der Waals surface area contributed by atoms with Crippen molar-refractivity contribution in [1.29, 1.82) is 0 Å². The largest absolute Gasteiger partial charge is 0.512 e. The molecule has 2 radical (unpaired) electrons. The molecule has 0 fully saturated rings. The molecular formula is C47H37F2Ir2N4O4S-. The number of fused-ring (bicyclic) bond motifs is 4. The summed E-state index contributed by atoms with van der Waals surface area (Å²) in [7, 11) is 0. The first-order chi connectivity index (χ1) is 28.1. The molecule has 5 aromatic heterocycles. The van der Waals surface area contributed by atoms with Crippen LogP contribution in [0, 0.1) is 23.8 Å². The van der Waals surface area contributed by atoms with E-state index in [2.05, 4.69) is 98.5 Å². The van der Waals surface area contributed by atoms with E-state index in [-0.39, 0.29) is 63.0 Å². The number of halogens is 2. The fraction of sp³-hybridized carbons (Fsp3) is 0.0638. The van der Waals surface area contributed by atoms with E-state index in [0.29, 0.717) is 5.69 Å². The van der Waals surface area contributed by atoms with Crippen LogP contribution in [0.3, 0.4) is 0 Å². The molecule has 0 bridgehead atoms. The summed E-state index contributed by atoms with van der Waals surface area (Å²) in [6.45, 7) is 3.87. The number of carbonyl (C=O) groups is 2. The first kappa shape index (κ1) is 48.4. The second-order valence-corrected chi connectivity index (χ2v) is 13.4. The number of aromatic carboxylic acids is 1. The average Bonchev–Trinajstić information content (AvgIpc) is 3.85. The van der Waals surface area contributed by atoms with Crippen molar-refractivity contribution in [2.24, 2.45) is 0 Å². The summed E-state index contributed by atoms with van der Waals surface area (Å²) in [4.78, 5) is 33.1. The van der Waals surface area contributed by atoms with Crippen LogP contribution in [0.15, 0.2) is 170 Å². The third-order valence-corrected chi connectivity index (χ3v) is 8.99. The quantitative estimate of drug-likeness (QED) is 0.0780. The number of nitrogens with zero attached hydrogens (tertiary/aromatic N) is 4. The SMILES string of the molecule is CC(=O)C=C(C)O.Fc1c[c-]c(-c2ccccn2)c(F)c1.O=C(O)c1ccccn1.[Ir].[Ir].[c-]1c(-c2ccccn2)sc2ccccc12.c1ccc2c(c1)C[n+]1ccccc1-2. The van der Waals surface area contributed by atoms with E-state index in [0.717, 1.165) is 29.2 Å². The minimum atomic E-state index is -0.990. The van der Waals surface area contributed by atoms with Crippen molar-refractivity contribution in [2.45, 2.75) is 20.4 Å². The van der Waals surface area contributed by atoms with Crippen molar-refractivity contribution in [3.8, 4) is 33.1 Å². The summed E-state index contributed by atoms with van der Waals surface area (Å²) in [5, 5.41) is 17.9. The zero-order valence-electron chi connectivity index (χ0n) is 32.1. The van der Waals surface area contributed by atoms with Crippen LogP contribution in [-0.2, 0) is 51.6 Å². The summed E-state index contributed by atoms with van der Waals surface area (Å²) in [5.74, 6) is -2.34. The van der Waals surface area contributed by atoms with E-state index < -0.39 is 17.6 Å². The standard InChI is InChI=1S/C13H8NS.C12H10N.C11H6F2N.C6H5NO2.C5H8O2.2Ir/c1-2-7-12-10(5-1)9-13(15-12)11-6-3-4-8-14-11;1-2-6-11-10(5-1)9-13-8-4-3-7-12(11)13;12-8-4-5-9(10(13)7-8)11-3-1-2-6-14-11;8-6(9)5-3-1-2-4-7-5;1-4(6)3-5(2)7;;/h1-8H;1-8H,9H2;1-4,6-7H;1-4H,(H,8,9);3,6H,1-2H3;;/q-1;+1;-1;;;;. The molecule has 1 aliphatic rings. The van der Waals surface area contributed by atoms with Crippen molar-refractivity contribution in [2.75, 3.05) is 0 Å². The van der Waals surface area contributed by atoms with Gasteiger partial charge in [-0.15, -0.1) is 35.7 Å². The van der Waals surface area contributed by atoms with E-state index in [1.807, 2.05) is 30.5 Å². The predicted octanol–water partition coefficient (Wildman–Crippen LogP) is 10.4. The third-order valence-electron chi connectivity index (χ3n) is 7.89. The smallest absolute Gasteiger partial charge is 0.354 e. The number of hydrogen-bond acceptors (Lipinski definition) is 7. The molecule has 1 aliphatic heterocycles. The Kier molecular flexibility index (Phi) is 20.1. The molecule has 0 amide bonds. The Morgan fingerprint density at radius 2 is 1.37 bits per heavy atom. The molecule has 60 heavy (non-hydrogen) atoms. The number of benzene rings is 3. The summed E-state index contributed by atoms with van der Waals surface area (Å²) in [6.07, 6.45) is 8.11. The van der Waals surface area contributed by atoms with Crippen LogP contribution in [-0.4, -0.2) is 36.9 Å². The second-order valence-electron chi connectivity index (χ2n) is 12.3. The maximum Gasteiger partial charge on any atom is 0.354 e. The molecule has 6 heterocycles. The number of aliphatic hydroxyl groups is 1. The topological polar surface area (TPSA) is 117 Å². The molecule has 308 valence electrons. The van der Waals surface area contributed by atoms with Gasteiger partial charge in [-0.2, -0.15) is 4.57 Å². The first-order valence-corrected chi connectivity index (χ1v) is 18.6. The molecule has 3 aromatic carbocycles. The first-order valence-electron chi connectivity index (χ1n) is 17.8. The van der Waals surface area contributed by atoms with Crippen molar-refractivity contribution < 1.29 is 73.4 Å². The van der Waals surface area contributed by atoms with E-state index in [1.165, 1.54) is 59.1 Å². The number of carboxylic acids is 1. The van der Waals surface area contributed by atoms with Crippen LogP contribution in [0.4, 0.5) is 8.78 Å². The van der Waals surface area contributed by atoms with Crippen LogP contribution in [0.25, 0.3) is 43.2 Å². The molecule has 0 spiro atoms. The summed E-state index contributed by atoms with van der Waals surface area (Å²) in [5.41, 5.74) is 5.85. The molecule has 0 unspecified atom stereocenters. The third kappa shape index (κ3) is 14.7. The Morgan fingerprint density at radius 3 is 1.93 bits per heavy atom. The molecule has 0 atom stereocenters. The van der Waals surface area contributed by atoms with Crippen LogP contribution >= 0.6 is 11.3 Å². The summed E-state index contributed by atoms with van der Waals surface area (Å²) >= 11 is 1.73. The van der Waals surface area contributed by atoms with Gasteiger partial charge in [-0.1, -0.05) is 72.3 Å². The van der Waals surface area contributed by atoms with Crippen LogP contribution in [0.1, 0.15) is 29.9 Å². The Bertz CT molecular complexity index is 2540. The van der Waals surface area contributed by atoms with Crippen molar-refractivity contribution in [1.82, 2.24) is 15.0 Å². The van der Waals surface area contributed by atoms with Gasteiger partial charge in [0.15, 0.2) is 18.5 Å². The number of thiophene rings is 1. The fourth-order valence-corrected chi connectivity index (χ4v) is 6.40. The Balaban J connectivity index is 0.000000203. The van der Waals surface area contributed by atoms with E-state index in [9.17, 15) is 18.4 Å². The van der Waals surface area contributed by atoms with Gasteiger partial charge in [0.2, 0.25) is 5.69 Å². The van der Waals surface area contributed by atoms with Crippen molar-refractivity contribution >= 4 is 33.2 Å². The number of pyridine rings is 4. The van der Waals surface area contributed by atoms with Gasteiger partial charge >= 0.3 is 5.97 Å². The minimum absolute atomic E-state index is 0. The Labute approximate surface area is 377 Å². The molecule has 2 N–H and O–H groups in total. The van der Waals surface area contributed by atoms with Gasteiger partial charge < -0.3 is 20.2 Å². The molecular weight excluding hydrogens is 1140 g/mol. The van der Waals surface area contributed by atoms with Gasteiger partial charge in [-0.05, 0) is 65.5 Å². The van der Waals surface area contributed by atoms with E-state index in [1.54, 1.807) is 47.9 Å². The number of aliphatic hydroxyl groups excluding tert-OH is 1. The van der Waals surface area contributed by atoms with Crippen molar-refractivity contribution in [3.63, 3.8) is 0 Å². The molecule has 8 nitrogen and oxygen atoms in total. The molecule has 0 saturated carbocycles. The monoisotopic (exact) mass is 1180 g/mol. The molecule has 9 rings (SSSR count). The van der Waals surface area contributed by atoms with Crippen LogP contribution in [0.2, 0.25) is 0 Å². The minimum Gasteiger partial charge on any atom is -0.512 e. The maximum atomic E-state index is 13.2. The average molecular weight is 1180 g/mol. The number of ketones is 1. The molecule has 0 saturated heterocycles. The Hall–Kier alpha value is -5.94. The van der Waals surface area contributed by atoms with Gasteiger partial charge in [0.1, 0.15) is 5.69 Å². The van der Waals surface area contributed by atoms with Gasteiger partial charge in [0, 0.05) is 99.9 Å². The maximum absolute atomic E-state index is 13.2. The van der Waals surface area contributed by atoms with Gasteiger partial charge in [-0.25, -0.2) is 21.1 Å². The van der Waals surface area contributed by atoms with Gasteiger partial charge in [0.25, 0.3) is 0 Å². The van der Waals surface area contributed by atoms with Crippen LogP contribution in [0.5, 0.6) is 0 Å². The zero-order chi connectivity index (χ0) is 41.3. The molecule has 8 aromatic rings. The zero-order valence-corrected chi connectivity index (χ0v) is 37.7. The number of allylic oxidation sites excluding steroid dienone is 2. The van der Waals surface area contributed by atoms with E-state index >= 15 is 0 Å². The molecule has 0 aliphatic carbocycles. The summed E-state index contributed by atoms with van der Waals surface area (Å²) < 4.78 is 29.3. The number of carboxylic acid groups (broad SMARTS) is 1. The van der Waals surface area contributed by atoms with Crippen molar-refractivity contribution in [3.05, 3.63) is 205 Å². The van der Waals surface area contributed by atoms with Crippen LogP contribution < -0.4 is 4.57 Å². The number of aromatic nitrogens is 4. The Morgan fingerprint density at radius 1 is 0.750 bits per heavy atom. The fourth-order valence-electron chi connectivity index (χ4n) is 5.42. The summed E-state index contributed by atoms with van der Waals surface area (Å²) in [6, 6.07) is 46.8. The number of rotatable bonds is 4. The van der Waals surface area contributed by atoms with Gasteiger partial charge in [-0.3, -0.25) is 13.6 Å². The van der Waals surface area contributed by atoms with E-state index in [4.69, 9.17) is 10.2 Å². The predicted molar refractivity (Wildman–Crippen MR) is 222 cm³/mol. The number of carbonyl (C=O) groups excluding carboxylic acids is 1. The van der Waals surface area contributed by atoms with Gasteiger partial charge in [0.05, 0.1) is 11.3 Å². The normalized spacial score (nSPS) is 10.4.